The highest BCUT2D eigenvalue weighted by Crippen LogP contribution is 1.93. The van der Waals surface area contributed by atoms with Gasteiger partial charge in [0.05, 0.1) is 6.61 Å². The van der Waals surface area contributed by atoms with Gasteiger partial charge in [-0.3, -0.25) is 0 Å². The van der Waals surface area contributed by atoms with Crippen LogP contribution in [0.4, 0.5) is 0 Å². The molecule has 0 aromatic heterocycles. The summed E-state index contributed by atoms with van der Waals surface area (Å²) in [6, 6.07) is 9.60. The zero-order valence-electron chi connectivity index (χ0n) is 12.0. The number of carbonyl (C=O) groups excluding carboxylic acids is 1. The number of benzene rings is 1. The minimum atomic E-state index is -0.393. The number of hydrogen-bond acceptors (Lipinski definition) is 2. The van der Waals surface area contributed by atoms with Crippen molar-refractivity contribution < 1.29 is 9.53 Å². The van der Waals surface area contributed by atoms with Crippen LogP contribution in [0.15, 0.2) is 55.1 Å². The highest BCUT2D eigenvalue weighted by molar-refractivity contribution is 5.82. The van der Waals surface area contributed by atoms with Gasteiger partial charge < -0.3 is 4.74 Å². The van der Waals surface area contributed by atoms with E-state index in [1.165, 1.54) is 12.2 Å². The molecule has 2 heteroatoms. The van der Waals surface area contributed by atoms with Crippen LogP contribution in [-0.4, -0.2) is 12.6 Å². The Morgan fingerprint density at radius 2 is 1.90 bits per heavy atom. The summed E-state index contributed by atoms with van der Waals surface area (Å²) in [5, 5.41) is 0. The molecule has 0 spiro atoms. The molecule has 0 fully saturated rings. The molecule has 0 atom stereocenters. The lowest BCUT2D eigenvalue weighted by Gasteiger charge is -1.91. The molecule has 1 rings (SSSR count). The van der Waals surface area contributed by atoms with Crippen molar-refractivity contribution in [2.45, 2.75) is 13.8 Å². The Bertz CT molecular complexity index is 470. The van der Waals surface area contributed by atoms with Crippen LogP contribution in [0.5, 0.6) is 0 Å². The lowest BCUT2D eigenvalue weighted by atomic mass is 10.2. The molecule has 0 aliphatic heterocycles. The Morgan fingerprint density at radius 1 is 1.35 bits per heavy atom. The molecule has 0 saturated heterocycles. The number of hydrogen-bond donors (Lipinski definition) is 0. The first-order chi connectivity index (χ1) is 9.65. The number of allylic oxidation sites excluding steroid dienone is 2. The molecule has 0 N–H and O–H groups in total. The van der Waals surface area contributed by atoms with Crippen molar-refractivity contribution in [1.82, 2.24) is 0 Å². The van der Waals surface area contributed by atoms with Gasteiger partial charge in [-0.1, -0.05) is 36.1 Å². The largest absolute Gasteiger partial charge is 0.463 e. The van der Waals surface area contributed by atoms with Gasteiger partial charge in [0.15, 0.2) is 0 Å². The van der Waals surface area contributed by atoms with Gasteiger partial charge in [0.2, 0.25) is 0 Å². The van der Waals surface area contributed by atoms with Crippen molar-refractivity contribution in [2.24, 2.45) is 0 Å². The molecule has 1 aromatic carbocycles. The predicted molar refractivity (Wildman–Crippen MR) is 84.9 cm³/mol. The summed E-state index contributed by atoms with van der Waals surface area (Å²) in [5.74, 6) is 4.31. The van der Waals surface area contributed by atoms with E-state index in [4.69, 9.17) is 12.8 Å². The maximum Gasteiger partial charge on any atom is 0.331 e. The maximum absolute atomic E-state index is 10.4. The fourth-order valence-electron chi connectivity index (χ4n) is 0.841. The smallest absolute Gasteiger partial charge is 0.331 e. The number of terminal acetylenes is 2. The Balaban J connectivity index is 0. The van der Waals surface area contributed by atoms with Crippen LogP contribution in [0.3, 0.4) is 0 Å². The molecule has 104 valence electrons. The summed E-state index contributed by atoms with van der Waals surface area (Å²) >= 11 is 0. The number of carbonyl (C=O) groups is 1. The average Bonchev–Trinajstić information content (AvgIpc) is 2.48. The molecule has 0 aliphatic carbocycles. The monoisotopic (exact) mass is 268 g/mol. The average molecular weight is 268 g/mol. The molecular formula is C18H20O2. The highest BCUT2D eigenvalue weighted by Gasteiger charge is 1.89. The molecule has 20 heavy (non-hydrogen) atoms. The van der Waals surface area contributed by atoms with E-state index in [0.29, 0.717) is 6.61 Å². The van der Waals surface area contributed by atoms with Crippen LogP contribution in [0.25, 0.3) is 0 Å². The first-order valence-electron chi connectivity index (χ1n) is 6.04. The fraction of sp³-hybridized carbons (Fsp3) is 0.167. The molecule has 0 unspecified atom stereocenters. The van der Waals surface area contributed by atoms with Crippen LogP contribution in [-0.2, 0) is 9.53 Å². The normalized spacial score (nSPS) is 7.80. The predicted octanol–water partition coefficient (Wildman–Crippen LogP) is 3.60. The van der Waals surface area contributed by atoms with Gasteiger partial charge in [-0.05, 0) is 32.1 Å². The van der Waals surface area contributed by atoms with E-state index >= 15 is 0 Å². The van der Waals surface area contributed by atoms with Gasteiger partial charge in [-0.2, -0.15) is 0 Å². The second-order valence-corrected chi connectivity index (χ2v) is 3.17. The summed E-state index contributed by atoms with van der Waals surface area (Å²) in [6.07, 6.45) is 14.2. The summed E-state index contributed by atoms with van der Waals surface area (Å²) in [7, 11) is 0. The molecule has 2 nitrogen and oxygen atoms in total. The minimum absolute atomic E-state index is 0.383. The van der Waals surface area contributed by atoms with E-state index in [1.54, 1.807) is 13.0 Å². The SMILES string of the molecule is C#C/C=C\C(=O)OCC.C#Cc1ccccc1.C=CC. The lowest BCUT2D eigenvalue weighted by Crippen LogP contribution is -1.98. The van der Waals surface area contributed by atoms with E-state index in [9.17, 15) is 4.79 Å². The van der Waals surface area contributed by atoms with Crippen LogP contribution in [0.1, 0.15) is 19.4 Å². The van der Waals surface area contributed by atoms with Crippen LogP contribution in [0.2, 0.25) is 0 Å². The second-order valence-electron chi connectivity index (χ2n) is 3.17. The molecule has 0 radical (unpaired) electrons. The van der Waals surface area contributed by atoms with Crippen molar-refractivity contribution in [1.29, 1.82) is 0 Å². The van der Waals surface area contributed by atoms with Crippen molar-refractivity contribution in [3.8, 4) is 24.7 Å². The van der Waals surface area contributed by atoms with Crippen molar-refractivity contribution in [2.75, 3.05) is 6.61 Å². The molecule has 1 aromatic rings. The van der Waals surface area contributed by atoms with E-state index in [0.717, 1.165) is 5.56 Å². The van der Waals surface area contributed by atoms with Gasteiger partial charge in [0.25, 0.3) is 0 Å². The van der Waals surface area contributed by atoms with Crippen LogP contribution >= 0.6 is 0 Å². The molecule has 0 bridgehead atoms. The molecular weight excluding hydrogens is 248 g/mol. The van der Waals surface area contributed by atoms with Crippen molar-refractivity contribution in [3.05, 3.63) is 60.7 Å². The van der Waals surface area contributed by atoms with Crippen LogP contribution in [0, 0.1) is 24.7 Å². The third kappa shape index (κ3) is 15.3. The first-order valence-corrected chi connectivity index (χ1v) is 6.04. The van der Waals surface area contributed by atoms with E-state index < -0.39 is 5.97 Å². The summed E-state index contributed by atoms with van der Waals surface area (Å²) < 4.78 is 4.52. The summed E-state index contributed by atoms with van der Waals surface area (Å²) in [5.41, 5.74) is 0.938. The number of esters is 1. The third-order valence-electron chi connectivity index (χ3n) is 1.54. The first kappa shape index (κ1) is 19.6. The van der Waals surface area contributed by atoms with Gasteiger partial charge in [-0.15, -0.1) is 19.4 Å². The van der Waals surface area contributed by atoms with Crippen molar-refractivity contribution >= 4 is 5.97 Å². The van der Waals surface area contributed by atoms with Crippen LogP contribution < -0.4 is 0 Å². The summed E-state index contributed by atoms with van der Waals surface area (Å²) in [4.78, 5) is 10.4. The topological polar surface area (TPSA) is 26.3 Å². The van der Waals surface area contributed by atoms with Crippen molar-refractivity contribution in [3.63, 3.8) is 0 Å². The molecule has 0 amide bonds. The third-order valence-corrected chi connectivity index (χ3v) is 1.54. The maximum atomic E-state index is 10.4. The standard InChI is InChI=1S/C8H6.C7H8O2.C3H6/c1-2-8-6-4-3-5-7-8;1-3-5-6-7(8)9-4-2;1-3-2/h1,3-7H;1,5-6H,4H2,2H3;3H,1H2,2H3/b;6-5-;. The number of rotatable bonds is 2. The minimum Gasteiger partial charge on any atom is -0.463 e. The highest BCUT2D eigenvalue weighted by atomic mass is 16.5. The molecule has 0 heterocycles. The Hall–Kier alpha value is -2.71. The zero-order chi connectivity index (χ0) is 15.6. The Labute approximate surface area is 122 Å². The van der Waals surface area contributed by atoms with Gasteiger partial charge >= 0.3 is 5.97 Å². The quantitative estimate of drug-likeness (QED) is 0.354. The Kier molecular flexibility index (Phi) is 16.0. The zero-order valence-corrected chi connectivity index (χ0v) is 12.0. The second kappa shape index (κ2) is 16.3. The van der Waals surface area contributed by atoms with Gasteiger partial charge in [-0.25, -0.2) is 4.79 Å². The van der Waals surface area contributed by atoms with E-state index in [2.05, 4.69) is 23.2 Å². The van der Waals surface area contributed by atoms with E-state index in [-0.39, 0.29) is 0 Å². The van der Waals surface area contributed by atoms with Gasteiger partial charge in [0.1, 0.15) is 0 Å². The number of ether oxygens (including phenoxy) is 1. The van der Waals surface area contributed by atoms with E-state index in [1.807, 2.05) is 37.3 Å². The molecule has 0 saturated carbocycles. The fourth-order valence-corrected chi connectivity index (χ4v) is 0.841. The van der Waals surface area contributed by atoms with Gasteiger partial charge in [0, 0.05) is 11.6 Å². The Morgan fingerprint density at radius 3 is 2.25 bits per heavy atom. The summed E-state index contributed by atoms with van der Waals surface area (Å²) in [6.45, 7) is 7.37. The lowest BCUT2D eigenvalue weighted by molar-refractivity contribution is -0.137. The molecule has 0 aliphatic rings.